The third-order valence-corrected chi connectivity index (χ3v) is 4.04. The molecule has 2 rings (SSSR count). The van der Waals surface area contributed by atoms with E-state index in [2.05, 4.69) is 35.6 Å². The maximum atomic E-state index is 4.71. The molecule has 0 aliphatic carbocycles. The van der Waals surface area contributed by atoms with Gasteiger partial charge >= 0.3 is 0 Å². The Kier molecular flexibility index (Phi) is 5.37. The van der Waals surface area contributed by atoms with Crippen molar-refractivity contribution in [2.45, 2.75) is 52.4 Å². The smallest absolute Gasteiger partial charge is 0.230 e. The number of anilines is 2. The summed E-state index contributed by atoms with van der Waals surface area (Å²) in [6.45, 7) is 8.68. The zero-order chi connectivity index (χ0) is 15.4. The Morgan fingerprint density at radius 2 is 2.00 bits per heavy atom. The van der Waals surface area contributed by atoms with Crippen molar-refractivity contribution in [2.75, 3.05) is 37.0 Å². The highest BCUT2D eigenvalue weighted by Gasteiger charge is 2.23. The van der Waals surface area contributed by atoms with E-state index in [0.29, 0.717) is 5.92 Å². The molecule has 21 heavy (non-hydrogen) atoms. The summed E-state index contributed by atoms with van der Waals surface area (Å²) in [4.78, 5) is 18.2. The van der Waals surface area contributed by atoms with Crippen LogP contribution in [0.4, 0.5) is 11.9 Å². The molecule has 1 aromatic heterocycles. The van der Waals surface area contributed by atoms with Crippen molar-refractivity contribution in [1.29, 1.82) is 0 Å². The number of piperidine rings is 1. The van der Waals surface area contributed by atoms with E-state index in [9.17, 15) is 0 Å². The molecule has 1 fully saturated rings. The van der Waals surface area contributed by atoms with Crippen LogP contribution in [0.15, 0.2) is 0 Å². The molecule has 0 aromatic carbocycles. The lowest BCUT2D eigenvalue weighted by Crippen LogP contribution is -2.37. The van der Waals surface area contributed by atoms with Gasteiger partial charge in [-0.2, -0.15) is 15.0 Å². The maximum absolute atomic E-state index is 4.71. The fourth-order valence-electron chi connectivity index (χ4n) is 2.86. The monoisotopic (exact) mass is 291 g/mol. The maximum Gasteiger partial charge on any atom is 0.230 e. The van der Waals surface area contributed by atoms with Crippen LogP contribution in [0.3, 0.4) is 0 Å². The lowest BCUT2D eigenvalue weighted by atomic mass is 9.94. The van der Waals surface area contributed by atoms with Crippen LogP contribution in [0.1, 0.15) is 58.2 Å². The van der Waals surface area contributed by atoms with Gasteiger partial charge in [-0.25, -0.2) is 0 Å². The second kappa shape index (κ2) is 7.05. The molecule has 2 heterocycles. The molecule has 0 N–H and O–H groups in total. The fraction of sp³-hybridized carbons (Fsp3) is 0.812. The minimum absolute atomic E-state index is 0.321. The molecule has 0 spiro atoms. The summed E-state index contributed by atoms with van der Waals surface area (Å²) in [7, 11) is 3.97. The van der Waals surface area contributed by atoms with E-state index < -0.39 is 0 Å². The van der Waals surface area contributed by atoms with Gasteiger partial charge in [0.2, 0.25) is 11.9 Å². The first-order valence-electron chi connectivity index (χ1n) is 8.19. The van der Waals surface area contributed by atoms with Crippen molar-refractivity contribution in [3.05, 3.63) is 5.82 Å². The Hall–Kier alpha value is -1.39. The molecule has 1 atom stereocenters. The van der Waals surface area contributed by atoms with Crippen LogP contribution >= 0.6 is 0 Å². The lowest BCUT2D eigenvalue weighted by molar-refractivity contribution is 0.384. The predicted octanol–water partition coefficient (Wildman–Crippen LogP) is 3.08. The minimum atomic E-state index is 0.321. The van der Waals surface area contributed by atoms with Crippen LogP contribution in [0.25, 0.3) is 0 Å². The first kappa shape index (κ1) is 16.0. The second-order valence-corrected chi connectivity index (χ2v) is 6.59. The Bertz CT molecular complexity index is 430. The number of rotatable bonds is 5. The summed E-state index contributed by atoms with van der Waals surface area (Å²) in [6, 6.07) is 0. The Morgan fingerprint density at radius 1 is 1.24 bits per heavy atom. The molecule has 1 aromatic rings. The number of hydrogen-bond acceptors (Lipinski definition) is 5. The largest absolute Gasteiger partial charge is 0.347 e. The molecule has 0 saturated carbocycles. The standard InChI is InChI=1S/C16H29N5/c1-6-8-13-9-7-10-21(11-13)16-18-14(12(2)3)17-15(19-16)20(4)5/h12-13H,6-11H2,1-5H3. The highest BCUT2D eigenvalue weighted by molar-refractivity contribution is 5.39. The van der Waals surface area contributed by atoms with Crippen LogP contribution in [0.5, 0.6) is 0 Å². The zero-order valence-electron chi connectivity index (χ0n) is 14.1. The minimum Gasteiger partial charge on any atom is -0.347 e. The van der Waals surface area contributed by atoms with E-state index in [1.165, 1.54) is 25.7 Å². The average molecular weight is 291 g/mol. The number of aromatic nitrogens is 3. The molecule has 1 unspecified atom stereocenters. The first-order chi connectivity index (χ1) is 10.0. The third-order valence-electron chi connectivity index (χ3n) is 4.04. The first-order valence-corrected chi connectivity index (χ1v) is 8.19. The van der Waals surface area contributed by atoms with Crippen LogP contribution < -0.4 is 9.80 Å². The van der Waals surface area contributed by atoms with Gasteiger partial charge in [0, 0.05) is 33.1 Å². The van der Waals surface area contributed by atoms with Crippen molar-refractivity contribution in [1.82, 2.24) is 15.0 Å². The van der Waals surface area contributed by atoms with Crippen molar-refractivity contribution < 1.29 is 0 Å². The molecule has 0 amide bonds. The lowest BCUT2D eigenvalue weighted by Gasteiger charge is -2.33. The van der Waals surface area contributed by atoms with E-state index in [1.54, 1.807) is 0 Å². The normalized spacial score (nSPS) is 19.1. The van der Waals surface area contributed by atoms with Crippen LogP contribution in [0, 0.1) is 5.92 Å². The fourth-order valence-corrected chi connectivity index (χ4v) is 2.86. The third kappa shape index (κ3) is 4.05. The van der Waals surface area contributed by atoms with Crippen molar-refractivity contribution in [3.63, 3.8) is 0 Å². The van der Waals surface area contributed by atoms with Gasteiger partial charge in [0.15, 0.2) is 0 Å². The van der Waals surface area contributed by atoms with Gasteiger partial charge in [0.25, 0.3) is 0 Å². The van der Waals surface area contributed by atoms with E-state index in [-0.39, 0.29) is 0 Å². The molecule has 5 nitrogen and oxygen atoms in total. The van der Waals surface area contributed by atoms with Gasteiger partial charge in [0.1, 0.15) is 5.82 Å². The average Bonchev–Trinajstić information content (AvgIpc) is 2.47. The van der Waals surface area contributed by atoms with Crippen LogP contribution in [0.2, 0.25) is 0 Å². The summed E-state index contributed by atoms with van der Waals surface area (Å²) in [5.74, 6) is 3.62. The summed E-state index contributed by atoms with van der Waals surface area (Å²) < 4.78 is 0. The SMILES string of the molecule is CCCC1CCCN(c2nc(C(C)C)nc(N(C)C)n2)C1. The predicted molar refractivity (Wildman–Crippen MR) is 88.1 cm³/mol. The van der Waals surface area contributed by atoms with E-state index >= 15 is 0 Å². The van der Waals surface area contributed by atoms with E-state index in [1.807, 2.05) is 19.0 Å². The molecule has 118 valence electrons. The molecular formula is C16H29N5. The number of nitrogens with zero attached hydrogens (tertiary/aromatic N) is 5. The summed E-state index contributed by atoms with van der Waals surface area (Å²) in [6.07, 6.45) is 5.15. The topological polar surface area (TPSA) is 45.2 Å². The quantitative estimate of drug-likeness (QED) is 0.834. The zero-order valence-corrected chi connectivity index (χ0v) is 14.1. The van der Waals surface area contributed by atoms with E-state index in [4.69, 9.17) is 4.98 Å². The molecule has 5 heteroatoms. The van der Waals surface area contributed by atoms with Gasteiger partial charge < -0.3 is 9.80 Å². The summed E-state index contributed by atoms with van der Waals surface area (Å²) in [5.41, 5.74) is 0. The molecule has 1 aliphatic heterocycles. The van der Waals surface area contributed by atoms with Crippen molar-refractivity contribution in [3.8, 4) is 0 Å². The van der Waals surface area contributed by atoms with Gasteiger partial charge in [-0.15, -0.1) is 0 Å². The van der Waals surface area contributed by atoms with Crippen molar-refractivity contribution in [2.24, 2.45) is 5.92 Å². The number of hydrogen-bond donors (Lipinski definition) is 0. The van der Waals surface area contributed by atoms with Crippen molar-refractivity contribution >= 4 is 11.9 Å². The van der Waals surface area contributed by atoms with Gasteiger partial charge in [-0.3, -0.25) is 0 Å². The van der Waals surface area contributed by atoms with Crippen LogP contribution in [-0.4, -0.2) is 42.1 Å². The Morgan fingerprint density at radius 3 is 2.62 bits per heavy atom. The molecule has 0 bridgehead atoms. The molecule has 1 aliphatic rings. The summed E-state index contributed by atoms with van der Waals surface area (Å²) >= 11 is 0. The highest BCUT2D eigenvalue weighted by atomic mass is 15.3. The summed E-state index contributed by atoms with van der Waals surface area (Å²) in [5, 5.41) is 0. The second-order valence-electron chi connectivity index (χ2n) is 6.59. The van der Waals surface area contributed by atoms with Gasteiger partial charge in [-0.1, -0.05) is 27.2 Å². The highest BCUT2D eigenvalue weighted by Crippen LogP contribution is 2.25. The molecule has 0 radical (unpaired) electrons. The molecular weight excluding hydrogens is 262 g/mol. The van der Waals surface area contributed by atoms with Gasteiger partial charge in [-0.05, 0) is 25.2 Å². The van der Waals surface area contributed by atoms with Crippen LogP contribution in [-0.2, 0) is 0 Å². The Balaban J connectivity index is 2.25. The van der Waals surface area contributed by atoms with Gasteiger partial charge in [0.05, 0.1) is 0 Å². The van der Waals surface area contributed by atoms with E-state index in [0.717, 1.165) is 36.7 Å². The Labute approximate surface area is 128 Å². The molecule has 1 saturated heterocycles.